The molecule has 110 valence electrons. The van der Waals surface area contributed by atoms with Crippen LogP contribution < -0.4 is 4.90 Å². The second kappa shape index (κ2) is 6.15. The summed E-state index contributed by atoms with van der Waals surface area (Å²) in [6, 6.07) is 6.13. The van der Waals surface area contributed by atoms with Crippen molar-refractivity contribution in [2.45, 2.75) is 23.6 Å². The third-order valence-corrected chi connectivity index (χ3v) is 5.75. The van der Waals surface area contributed by atoms with Gasteiger partial charge in [0.2, 0.25) is 5.13 Å². The normalized spacial score (nSPS) is 13.2. The number of benzene rings is 1. The molecule has 0 saturated carbocycles. The molecule has 0 saturated heterocycles. The van der Waals surface area contributed by atoms with E-state index < -0.39 is 0 Å². The summed E-state index contributed by atoms with van der Waals surface area (Å²) in [5.41, 5.74) is 3.57. The van der Waals surface area contributed by atoms with Crippen LogP contribution in [0.25, 0.3) is 0 Å². The lowest BCUT2D eigenvalue weighted by molar-refractivity contribution is 0.102. The second-order valence-electron chi connectivity index (χ2n) is 5.29. The van der Waals surface area contributed by atoms with Gasteiger partial charge in [0.25, 0.3) is 0 Å². The lowest BCUT2D eigenvalue weighted by Gasteiger charge is -2.04. The van der Waals surface area contributed by atoms with Crippen LogP contribution in [-0.2, 0) is 12.8 Å². The molecule has 4 nitrogen and oxygen atoms in total. The first-order valence-corrected chi connectivity index (χ1v) is 8.72. The first kappa shape index (κ1) is 14.5. The van der Waals surface area contributed by atoms with Crippen molar-refractivity contribution < 1.29 is 4.79 Å². The van der Waals surface area contributed by atoms with Crippen LogP contribution in [0, 0.1) is 0 Å². The van der Waals surface area contributed by atoms with E-state index in [-0.39, 0.29) is 5.78 Å². The highest BCUT2D eigenvalue weighted by molar-refractivity contribution is 8.01. The monoisotopic (exact) mass is 319 g/mol. The Morgan fingerprint density at radius 2 is 2.10 bits per heavy atom. The number of rotatable bonds is 5. The summed E-state index contributed by atoms with van der Waals surface area (Å²) < 4.78 is 0.841. The minimum absolute atomic E-state index is 0.163. The minimum atomic E-state index is 0.163. The van der Waals surface area contributed by atoms with Crippen LogP contribution in [0.15, 0.2) is 22.5 Å². The minimum Gasteiger partial charge on any atom is -0.353 e. The molecule has 21 heavy (non-hydrogen) atoms. The van der Waals surface area contributed by atoms with Gasteiger partial charge in [-0.3, -0.25) is 4.79 Å². The smallest absolute Gasteiger partial charge is 0.208 e. The molecular formula is C15H17N3OS2. The van der Waals surface area contributed by atoms with Gasteiger partial charge < -0.3 is 4.90 Å². The molecule has 1 aromatic carbocycles. The van der Waals surface area contributed by atoms with Gasteiger partial charge in [0.05, 0.1) is 5.75 Å². The average molecular weight is 319 g/mol. The van der Waals surface area contributed by atoms with Crippen molar-refractivity contribution in [3.05, 3.63) is 34.9 Å². The summed E-state index contributed by atoms with van der Waals surface area (Å²) in [6.45, 7) is 0. The predicted molar refractivity (Wildman–Crippen MR) is 87.8 cm³/mol. The fourth-order valence-electron chi connectivity index (χ4n) is 2.40. The van der Waals surface area contributed by atoms with E-state index >= 15 is 0 Å². The van der Waals surface area contributed by atoms with E-state index in [4.69, 9.17) is 0 Å². The van der Waals surface area contributed by atoms with Crippen molar-refractivity contribution in [1.29, 1.82) is 0 Å². The number of nitrogens with zero attached hydrogens (tertiary/aromatic N) is 3. The number of ketones is 1. The standard InChI is InChI=1S/C15H17N3OS2/c1-18(2)14-16-17-15(21-14)20-9-13(19)12-7-6-10-4-3-5-11(10)8-12/h6-8H,3-5,9H2,1-2H3. The Balaban J connectivity index is 1.63. The molecule has 0 bridgehead atoms. The molecule has 1 aromatic heterocycles. The maximum Gasteiger partial charge on any atom is 0.208 e. The molecule has 2 aromatic rings. The molecule has 1 aliphatic rings. The molecule has 3 rings (SSSR count). The van der Waals surface area contributed by atoms with Crippen LogP contribution in [0.3, 0.4) is 0 Å². The highest BCUT2D eigenvalue weighted by atomic mass is 32.2. The third kappa shape index (κ3) is 3.27. The molecule has 0 radical (unpaired) electrons. The van der Waals surface area contributed by atoms with Crippen molar-refractivity contribution >= 4 is 34.0 Å². The maximum atomic E-state index is 12.3. The van der Waals surface area contributed by atoms with Crippen molar-refractivity contribution in [2.75, 3.05) is 24.7 Å². The highest BCUT2D eigenvalue weighted by Gasteiger charge is 2.15. The lowest BCUT2D eigenvalue weighted by Crippen LogP contribution is -2.07. The van der Waals surface area contributed by atoms with Gasteiger partial charge in [-0.15, -0.1) is 10.2 Å². The molecule has 0 N–H and O–H groups in total. The summed E-state index contributed by atoms with van der Waals surface area (Å²) >= 11 is 2.98. The van der Waals surface area contributed by atoms with Gasteiger partial charge in [-0.2, -0.15) is 0 Å². The number of aromatic nitrogens is 2. The van der Waals surface area contributed by atoms with Gasteiger partial charge in [-0.05, 0) is 36.5 Å². The number of carbonyl (C=O) groups excluding carboxylic acids is 1. The quantitative estimate of drug-likeness (QED) is 0.626. The molecule has 0 atom stereocenters. The number of anilines is 1. The molecule has 0 aliphatic heterocycles. The SMILES string of the molecule is CN(C)c1nnc(SCC(=O)c2ccc3c(c2)CCC3)s1. The van der Waals surface area contributed by atoms with Crippen molar-refractivity contribution in [3.63, 3.8) is 0 Å². The van der Waals surface area contributed by atoms with E-state index in [1.807, 2.05) is 25.1 Å². The first-order valence-electron chi connectivity index (χ1n) is 6.92. The Kier molecular flexibility index (Phi) is 4.26. The van der Waals surface area contributed by atoms with Gasteiger partial charge >= 0.3 is 0 Å². The first-order chi connectivity index (χ1) is 10.1. The van der Waals surface area contributed by atoms with Crippen LogP contribution in [0.4, 0.5) is 5.13 Å². The summed E-state index contributed by atoms with van der Waals surface area (Å²) in [5.74, 6) is 0.581. The van der Waals surface area contributed by atoms with E-state index in [0.29, 0.717) is 5.75 Å². The van der Waals surface area contributed by atoms with Crippen molar-refractivity contribution in [2.24, 2.45) is 0 Å². The zero-order valence-corrected chi connectivity index (χ0v) is 13.8. The molecule has 0 spiro atoms. The van der Waals surface area contributed by atoms with E-state index in [1.165, 1.54) is 40.6 Å². The van der Waals surface area contributed by atoms with Gasteiger partial charge in [-0.1, -0.05) is 35.2 Å². The molecule has 1 aliphatic carbocycles. The zero-order valence-electron chi connectivity index (χ0n) is 12.1. The van der Waals surface area contributed by atoms with Crippen LogP contribution >= 0.6 is 23.1 Å². The fourth-order valence-corrected chi connectivity index (χ4v) is 4.06. The number of fused-ring (bicyclic) bond motifs is 1. The molecule has 6 heteroatoms. The highest BCUT2D eigenvalue weighted by Crippen LogP contribution is 2.28. The number of hydrogen-bond acceptors (Lipinski definition) is 6. The Morgan fingerprint density at radius 3 is 2.86 bits per heavy atom. The fraction of sp³-hybridized carbons (Fsp3) is 0.400. The van der Waals surface area contributed by atoms with E-state index in [1.54, 1.807) is 0 Å². The second-order valence-corrected chi connectivity index (χ2v) is 7.47. The summed E-state index contributed by atoms with van der Waals surface area (Å²) in [5, 5.41) is 9.04. The Morgan fingerprint density at radius 1 is 1.29 bits per heavy atom. The molecule has 0 amide bonds. The van der Waals surface area contributed by atoms with Crippen LogP contribution in [0.5, 0.6) is 0 Å². The Labute approximate surface area is 132 Å². The van der Waals surface area contributed by atoms with Crippen LogP contribution in [0.1, 0.15) is 27.9 Å². The number of thioether (sulfide) groups is 1. The van der Waals surface area contributed by atoms with Gasteiger partial charge in [-0.25, -0.2) is 0 Å². The topological polar surface area (TPSA) is 46.1 Å². The van der Waals surface area contributed by atoms with Gasteiger partial charge in [0.1, 0.15) is 0 Å². The Hall–Kier alpha value is -1.40. The van der Waals surface area contributed by atoms with Crippen molar-refractivity contribution in [1.82, 2.24) is 10.2 Å². The largest absolute Gasteiger partial charge is 0.353 e. The van der Waals surface area contributed by atoms with E-state index in [2.05, 4.69) is 22.3 Å². The van der Waals surface area contributed by atoms with Crippen LogP contribution in [0.2, 0.25) is 0 Å². The number of aryl methyl sites for hydroxylation is 2. The maximum absolute atomic E-state index is 12.3. The summed E-state index contributed by atoms with van der Waals surface area (Å²) in [7, 11) is 3.87. The number of Topliss-reactive ketones (excluding diaryl/α,β-unsaturated/α-hetero) is 1. The van der Waals surface area contributed by atoms with Crippen LogP contribution in [-0.4, -0.2) is 35.8 Å². The molecule has 0 unspecified atom stereocenters. The van der Waals surface area contributed by atoms with E-state index in [9.17, 15) is 4.79 Å². The molecular weight excluding hydrogens is 302 g/mol. The van der Waals surface area contributed by atoms with Gasteiger partial charge in [0.15, 0.2) is 10.1 Å². The number of hydrogen-bond donors (Lipinski definition) is 0. The third-order valence-electron chi connectivity index (χ3n) is 3.53. The lowest BCUT2D eigenvalue weighted by atomic mass is 10.0. The van der Waals surface area contributed by atoms with E-state index in [0.717, 1.165) is 27.9 Å². The molecule has 0 fully saturated rings. The van der Waals surface area contributed by atoms with Gasteiger partial charge in [0, 0.05) is 19.7 Å². The number of carbonyl (C=O) groups is 1. The molecule has 1 heterocycles. The average Bonchev–Trinajstić information content (AvgIpc) is 3.12. The summed E-state index contributed by atoms with van der Waals surface area (Å²) in [6.07, 6.45) is 3.46. The predicted octanol–water partition coefficient (Wildman–Crippen LogP) is 3.07. The van der Waals surface area contributed by atoms with Crippen molar-refractivity contribution in [3.8, 4) is 0 Å². The zero-order chi connectivity index (χ0) is 14.8. The Bertz CT molecular complexity index is 667. The summed E-state index contributed by atoms with van der Waals surface area (Å²) in [4.78, 5) is 14.2.